The van der Waals surface area contributed by atoms with Gasteiger partial charge in [0.05, 0.1) is 12.6 Å². The van der Waals surface area contributed by atoms with Crippen molar-refractivity contribution in [2.24, 2.45) is 0 Å². The molecule has 0 aliphatic carbocycles. The third-order valence-corrected chi connectivity index (χ3v) is 3.85. The van der Waals surface area contributed by atoms with E-state index in [1.165, 1.54) is 22.3 Å². The van der Waals surface area contributed by atoms with Crippen LogP contribution in [0.2, 0.25) is 0 Å². The molecule has 1 aromatic rings. The zero-order chi connectivity index (χ0) is 13.1. The molecule has 0 fully saturated rings. The van der Waals surface area contributed by atoms with Gasteiger partial charge in [0.25, 0.3) is 0 Å². The third-order valence-electron chi connectivity index (χ3n) is 3.85. The molecular weight excluding hydrogens is 220 g/mol. The van der Waals surface area contributed by atoms with Crippen LogP contribution in [-0.4, -0.2) is 18.0 Å². The van der Waals surface area contributed by atoms with Crippen molar-refractivity contribution in [3.63, 3.8) is 0 Å². The molecule has 1 heterocycles. The molecule has 0 unspecified atom stereocenters. The van der Waals surface area contributed by atoms with E-state index in [4.69, 9.17) is 5.26 Å². The fraction of sp³-hybridized carbons (Fsp3) is 0.562. The summed E-state index contributed by atoms with van der Waals surface area (Å²) in [5.41, 5.74) is 5.90. The summed E-state index contributed by atoms with van der Waals surface area (Å²) in [4.78, 5) is 2.23. The summed E-state index contributed by atoms with van der Waals surface area (Å²) < 4.78 is 0. The van der Waals surface area contributed by atoms with E-state index in [1.54, 1.807) is 0 Å². The van der Waals surface area contributed by atoms with Gasteiger partial charge >= 0.3 is 0 Å². The van der Waals surface area contributed by atoms with Crippen molar-refractivity contribution in [2.45, 2.75) is 46.1 Å². The van der Waals surface area contributed by atoms with Crippen LogP contribution in [0.15, 0.2) is 12.1 Å². The van der Waals surface area contributed by atoms with E-state index in [9.17, 15) is 0 Å². The van der Waals surface area contributed by atoms with Gasteiger partial charge < -0.3 is 0 Å². The number of hydrogen-bond acceptors (Lipinski definition) is 2. The first-order valence-electron chi connectivity index (χ1n) is 6.89. The third kappa shape index (κ3) is 2.57. The van der Waals surface area contributed by atoms with Crippen molar-refractivity contribution >= 4 is 0 Å². The van der Waals surface area contributed by atoms with Crippen LogP contribution in [0.4, 0.5) is 0 Å². The Hall–Kier alpha value is -1.33. The number of hydrogen-bond donors (Lipinski definition) is 0. The first kappa shape index (κ1) is 13.1. The largest absolute Gasteiger partial charge is 0.286 e. The molecule has 0 bridgehead atoms. The van der Waals surface area contributed by atoms with Gasteiger partial charge in [-0.1, -0.05) is 32.9 Å². The molecule has 0 amide bonds. The van der Waals surface area contributed by atoms with Crippen LogP contribution < -0.4 is 0 Å². The minimum Gasteiger partial charge on any atom is -0.286 e. The van der Waals surface area contributed by atoms with E-state index in [2.05, 4.69) is 43.9 Å². The zero-order valence-electron chi connectivity index (χ0n) is 11.7. The predicted molar refractivity (Wildman–Crippen MR) is 74.5 cm³/mol. The van der Waals surface area contributed by atoms with Crippen molar-refractivity contribution in [3.8, 4) is 6.07 Å². The van der Waals surface area contributed by atoms with Crippen molar-refractivity contribution in [2.75, 3.05) is 13.1 Å². The van der Waals surface area contributed by atoms with E-state index < -0.39 is 0 Å². The molecule has 96 valence electrons. The molecule has 0 saturated heterocycles. The lowest BCUT2D eigenvalue weighted by atomic mass is 9.88. The fourth-order valence-corrected chi connectivity index (χ4v) is 2.82. The number of nitrogens with zero attached hydrogens (tertiary/aromatic N) is 2. The van der Waals surface area contributed by atoms with Crippen molar-refractivity contribution < 1.29 is 0 Å². The van der Waals surface area contributed by atoms with Gasteiger partial charge in [-0.05, 0) is 41.0 Å². The average molecular weight is 242 g/mol. The van der Waals surface area contributed by atoms with Crippen LogP contribution in [0.25, 0.3) is 0 Å². The standard InChI is InChI=1S/C16H22N2/c1-4-13-9-14-5-7-18(8-6-17)11-15(14)10-16(13)12(2)3/h9-10,12H,4-5,7-8,11H2,1-3H3. The second kappa shape index (κ2) is 5.54. The highest BCUT2D eigenvalue weighted by Gasteiger charge is 2.18. The molecule has 0 N–H and O–H groups in total. The van der Waals surface area contributed by atoms with Crippen LogP contribution in [0.3, 0.4) is 0 Å². The highest BCUT2D eigenvalue weighted by molar-refractivity contribution is 5.41. The lowest BCUT2D eigenvalue weighted by Crippen LogP contribution is -2.31. The highest BCUT2D eigenvalue weighted by atomic mass is 15.1. The normalized spacial score (nSPS) is 15.5. The Morgan fingerprint density at radius 1 is 1.33 bits per heavy atom. The van der Waals surface area contributed by atoms with Crippen LogP contribution in [0, 0.1) is 11.3 Å². The highest BCUT2D eigenvalue weighted by Crippen LogP contribution is 2.28. The first-order chi connectivity index (χ1) is 8.65. The summed E-state index contributed by atoms with van der Waals surface area (Å²) in [5.74, 6) is 0.580. The molecule has 1 aliphatic heterocycles. The molecule has 0 spiro atoms. The Bertz CT molecular complexity index is 469. The zero-order valence-corrected chi connectivity index (χ0v) is 11.7. The molecular formula is C16H22N2. The molecule has 2 nitrogen and oxygen atoms in total. The molecule has 2 rings (SSSR count). The maximum absolute atomic E-state index is 8.80. The molecule has 0 radical (unpaired) electrons. The van der Waals surface area contributed by atoms with Gasteiger partial charge in [-0.15, -0.1) is 0 Å². The molecule has 1 aliphatic rings. The number of rotatable bonds is 3. The lowest BCUT2D eigenvalue weighted by molar-refractivity contribution is 0.285. The van der Waals surface area contributed by atoms with Gasteiger partial charge in [0.1, 0.15) is 0 Å². The van der Waals surface area contributed by atoms with Crippen molar-refractivity contribution in [1.82, 2.24) is 4.90 Å². The Kier molecular flexibility index (Phi) is 4.04. The van der Waals surface area contributed by atoms with Gasteiger partial charge in [-0.25, -0.2) is 0 Å². The van der Waals surface area contributed by atoms with E-state index in [0.29, 0.717) is 12.5 Å². The Morgan fingerprint density at radius 3 is 2.72 bits per heavy atom. The number of aryl methyl sites for hydroxylation is 1. The molecule has 1 aromatic carbocycles. The summed E-state index contributed by atoms with van der Waals surface area (Å²) in [6.45, 7) is 9.26. The second-order valence-corrected chi connectivity index (χ2v) is 5.45. The fourth-order valence-electron chi connectivity index (χ4n) is 2.82. The average Bonchev–Trinajstić information content (AvgIpc) is 2.37. The van der Waals surface area contributed by atoms with Crippen molar-refractivity contribution in [3.05, 3.63) is 34.4 Å². The van der Waals surface area contributed by atoms with E-state index in [1.807, 2.05) is 0 Å². The first-order valence-corrected chi connectivity index (χ1v) is 6.89. The van der Waals surface area contributed by atoms with Gasteiger partial charge in [0.15, 0.2) is 0 Å². The molecule has 2 heteroatoms. The van der Waals surface area contributed by atoms with Gasteiger partial charge in [0.2, 0.25) is 0 Å². The minimum atomic E-state index is 0.548. The molecule has 0 aromatic heterocycles. The van der Waals surface area contributed by atoms with E-state index in [0.717, 1.165) is 25.9 Å². The monoisotopic (exact) mass is 242 g/mol. The molecule has 0 atom stereocenters. The SMILES string of the molecule is CCc1cc2c(cc1C(C)C)CN(CC#N)CC2. The number of benzene rings is 1. The maximum Gasteiger partial charge on any atom is 0.0868 e. The summed E-state index contributed by atoms with van der Waals surface area (Å²) in [6.07, 6.45) is 2.20. The van der Waals surface area contributed by atoms with Crippen molar-refractivity contribution in [1.29, 1.82) is 5.26 Å². The molecule has 0 saturated carbocycles. The maximum atomic E-state index is 8.80. The number of nitriles is 1. The Morgan fingerprint density at radius 2 is 2.11 bits per heavy atom. The summed E-state index contributed by atoms with van der Waals surface area (Å²) in [7, 11) is 0. The predicted octanol–water partition coefficient (Wildman–Crippen LogP) is 3.25. The summed E-state index contributed by atoms with van der Waals surface area (Å²) in [6, 6.07) is 7.03. The van der Waals surface area contributed by atoms with Gasteiger partial charge in [-0.2, -0.15) is 5.26 Å². The lowest BCUT2D eigenvalue weighted by Gasteiger charge is -2.28. The van der Waals surface area contributed by atoms with Crippen LogP contribution >= 0.6 is 0 Å². The Balaban J connectivity index is 2.34. The number of fused-ring (bicyclic) bond motifs is 1. The summed E-state index contributed by atoms with van der Waals surface area (Å²) >= 11 is 0. The minimum absolute atomic E-state index is 0.548. The quantitative estimate of drug-likeness (QED) is 0.761. The second-order valence-electron chi connectivity index (χ2n) is 5.45. The smallest absolute Gasteiger partial charge is 0.0868 e. The van der Waals surface area contributed by atoms with E-state index >= 15 is 0 Å². The van der Waals surface area contributed by atoms with E-state index in [-0.39, 0.29) is 0 Å². The van der Waals surface area contributed by atoms with Gasteiger partial charge in [0, 0.05) is 13.1 Å². The Labute approximate surface area is 110 Å². The molecule has 18 heavy (non-hydrogen) atoms. The van der Waals surface area contributed by atoms with Gasteiger partial charge in [-0.3, -0.25) is 4.90 Å². The topological polar surface area (TPSA) is 27.0 Å². The summed E-state index contributed by atoms with van der Waals surface area (Å²) in [5, 5.41) is 8.80. The van der Waals surface area contributed by atoms with Crippen LogP contribution in [0.5, 0.6) is 0 Å². The van der Waals surface area contributed by atoms with Crippen LogP contribution in [0.1, 0.15) is 48.9 Å². The van der Waals surface area contributed by atoms with Crippen LogP contribution in [-0.2, 0) is 19.4 Å².